The number of pyridine rings is 1. The average Bonchev–Trinajstić information content (AvgIpc) is 1.94. The van der Waals surface area contributed by atoms with Crippen LogP contribution in [0.15, 0.2) is 12.3 Å². The van der Waals surface area contributed by atoms with E-state index in [9.17, 15) is 4.79 Å². The molecule has 0 aromatic carbocycles. The van der Waals surface area contributed by atoms with Crippen LogP contribution in [0.5, 0.6) is 0 Å². The number of primary amides is 1. The van der Waals surface area contributed by atoms with Crippen LogP contribution in [0.4, 0.5) is 5.69 Å². The molecule has 1 rings (SSSR count). The highest BCUT2D eigenvalue weighted by molar-refractivity contribution is 5.93. The highest BCUT2D eigenvalue weighted by Gasteiger charge is 2.01. The maximum atomic E-state index is 10.6. The van der Waals surface area contributed by atoms with Crippen LogP contribution < -0.4 is 11.5 Å². The molecule has 0 saturated carbocycles. The molecule has 0 aliphatic carbocycles. The van der Waals surface area contributed by atoms with E-state index in [2.05, 4.69) is 4.98 Å². The van der Waals surface area contributed by atoms with Crippen LogP contribution in [0.3, 0.4) is 0 Å². The number of nitrogens with two attached hydrogens (primary N) is 2. The molecule has 58 valence electrons. The molecule has 4 heteroatoms. The third kappa shape index (κ3) is 1.46. The predicted octanol–water partition coefficient (Wildman–Crippen LogP) is 0.0711. The molecule has 0 atom stereocenters. The van der Waals surface area contributed by atoms with Crippen molar-refractivity contribution in [1.82, 2.24) is 4.98 Å². The second-order valence-electron chi connectivity index (χ2n) is 2.26. The summed E-state index contributed by atoms with van der Waals surface area (Å²) in [6.45, 7) is 1.76. The molecular formula is C7H9N3O. The first-order valence-corrected chi connectivity index (χ1v) is 3.13. The smallest absolute Gasteiger partial charge is 0.250 e. The minimum absolute atomic E-state index is 0.341. The molecule has 4 nitrogen and oxygen atoms in total. The first-order chi connectivity index (χ1) is 5.11. The lowest BCUT2D eigenvalue weighted by Gasteiger charge is -1.99. The molecule has 0 bridgehead atoms. The standard InChI is InChI=1S/C7H9N3O/c1-4-6(8)2-5(3-10-4)7(9)11/h2-3H,8H2,1H3,(H2,9,11). The first-order valence-electron chi connectivity index (χ1n) is 3.13. The van der Waals surface area contributed by atoms with Crippen LogP contribution in [-0.4, -0.2) is 10.9 Å². The number of amides is 1. The average molecular weight is 151 g/mol. The Morgan fingerprint density at radius 1 is 1.64 bits per heavy atom. The third-order valence-electron chi connectivity index (χ3n) is 1.41. The van der Waals surface area contributed by atoms with Crippen molar-refractivity contribution in [3.63, 3.8) is 0 Å². The van der Waals surface area contributed by atoms with E-state index in [1.807, 2.05) is 0 Å². The Hall–Kier alpha value is -1.58. The molecule has 0 saturated heterocycles. The summed E-state index contributed by atoms with van der Waals surface area (Å²) < 4.78 is 0. The van der Waals surface area contributed by atoms with Gasteiger partial charge in [0.15, 0.2) is 0 Å². The van der Waals surface area contributed by atoms with Crippen molar-refractivity contribution >= 4 is 11.6 Å². The van der Waals surface area contributed by atoms with Gasteiger partial charge in [0, 0.05) is 6.20 Å². The van der Waals surface area contributed by atoms with Crippen LogP contribution in [-0.2, 0) is 0 Å². The molecule has 4 N–H and O–H groups in total. The highest BCUT2D eigenvalue weighted by atomic mass is 16.1. The molecule has 0 aliphatic heterocycles. The monoisotopic (exact) mass is 151 g/mol. The van der Waals surface area contributed by atoms with Gasteiger partial charge in [0.2, 0.25) is 5.91 Å². The molecule has 1 aromatic rings. The predicted molar refractivity (Wildman–Crippen MR) is 41.9 cm³/mol. The van der Waals surface area contributed by atoms with Gasteiger partial charge in [0.05, 0.1) is 16.9 Å². The van der Waals surface area contributed by atoms with Crippen LogP contribution in [0.25, 0.3) is 0 Å². The summed E-state index contributed by atoms with van der Waals surface area (Å²) in [5.41, 5.74) is 12.0. The Balaban J connectivity index is 3.15. The lowest BCUT2D eigenvalue weighted by atomic mass is 10.2. The van der Waals surface area contributed by atoms with Crippen LogP contribution in [0, 0.1) is 6.92 Å². The van der Waals surface area contributed by atoms with E-state index in [4.69, 9.17) is 11.5 Å². The summed E-state index contributed by atoms with van der Waals surface area (Å²) in [6, 6.07) is 1.52. The van der Waals surface area contributed by atoms with E-state index in [0.29, 0.717) is 16.9 Å². The summed E-state index contributed by atoms with van der Waals surface area (Å²) >= 11 is 0. The van der Waals surface area contributed by atoms with Crippen LogP contribution in [0.1, 0.15) is 16.1 Å². The van der Waals surface area contributed by atoms with Gasteiger partial charge >= 0.3 is 0 Å². The summed E-state index contributed by atoms with van der Waals surface area (Å²) in [4.78, 5) is 14.5. The lowest BCUT2D eigenvalue weighted by molar-refractivity contribution is 0.1000. The maximum absolute atomic E-state index is 10.6. The van der Waals surface area contributed by atoms with Crippen molar-refractivity contribution < 1.29 is 4.79 Å². The van der Waals surface area contributed by atoms with Crippen LogP contribution in [0.2, 0.25) is 0 Å². The molecule has 0 unspecified atom stereocenters. The minimum atomic E-state index is -0.510. The number of carbonyl (C=O) groups excluding carboxylic acids is 1. The second-order valence-corrected chi connectivity index (χ2v) is 2.26. The van der Waals surface area contributed by atoms with Gasteiger partial charge in [-0.15, -0.1) is 0 Å². The largest absolute Gasteiger partial charge is 0.397 e. The van der Waals surface area contributed by atoms with Gasteiger partial charge in [-0.1, -0.05) is 0 Å². The molecule has 0 aliphatic rings. The number of rotatable bonds is 1. The molecule has 1 aromatic heterocycles. The van der Waals surface area contributed by atoms with Gasteiger partial charge in [0.25, 0.3) is 0 Å². The van der Waals surface area contributed by atoms with Crippen molar-refractivity contribution in [2.75, 3.05) is 5.73 Å². The van der Waals surface area contributed by atoms with E-state index < -0.39 is 5.91 Å². The second kappa shape index (κ2) is 2.57. The van der Waals surface area contributed by atoms with E-state index in [0.717, 1.165) is 0 Å². The van der Waals surface area contributed by atoms with Gasteiger partial charge in [-0.25, -0.2) is 0 Å². The topological polar surface area (TPSA) is 82.0 Å². The van der Waals surface area contributed by atoms with Crippen molar-refractivity contribution in [2.45, 2.75) is 6.92 Å². The number of hydrogen-bond acceptors (Lipinski definition) is 3. The van der Waals surface area contributed by atoms with Crippen molar-refractivity contribution in [3.05, 3.63) is 23.5 Å². The van der Waals surface area contributed by atoms with Gasteiger partial charge in [-0.05, 0) is 13.0 Å². The third-order valence-corrected chi connectivity index (χ3v) is 1.41. The quantitative estimate of drug-likeness (QED) is 0.595. The zero-order valence-corrected chi connectivity index (χ0v) is 6.16. The molecular weight excluding hydrogens is 142 g/mol. The van der Waals surface area contributed by atoms with Crippen LogP contribution >= 0.6 is 0 Å². The van der Waals surface area contributed by atoms with Gasteiger partial charge in [0.1, 0.15) is 0 Å². The van der Waals surface area contributed by atoms with Gasteiger partial charge < -0.3 is 11.5 Å². The van der Waals surface area contributed by atoms with E-state index in [-0.39, 0.29) is 0 Å². The lowest BCUT2D eigenvalue weighted by Crippen LogP contribution is -2.12. The van der Waals surface area contributed by atoms with Crippen molar-refractivity contribution in [1.29, 1.82) is 0 Å². The number of anilines is 1. The maximum Gasteiger partial charge on any atom is 0.250 e. The fourth-order valence-corrected chi connectivity index (χ4v) is 0.685. The molecule has 11 heavy (non-hydrogen) atoms. The Morgan fingerprint density at radius 3 is 2.73 bits per heavy atom. The zero-order valence-electron chi connectivity index (χ0n) is 6.16. The Kier molecular flexibility index (Phi) is 1.76. The summed E-state index contributed by atoms with van der Waals surface area (Å²) in [5, 5.41) is 0. The van der Waals surface area contributed by atoms with Gasteiger partial charge in [-0.3, -0.25) is 9.78 Å². The fourth-order valence-electron chi connectivity index (χ4n) is 0.685. The zero-order chi connectivity index (χ0) is 8.43. The summed E-state index contributed by atoms with van der Waals surface area (Å²) in [7, 11) is 0. The highest BCUT2D eigenvalue weighted by Crippen LogP contribution is 2.08. The first kappa shape index (κ1) is 7.53. The number of aryl methyl sites for hydroxylation is 1. The van der Waals surface area contributed by atoms with E-state index in [1.54, 1.807) is 6.92 Å². The number of carbonyl (C=O) groups is 1. The van der Waals surface area contributed by atoms with Crippen molar-refractivity contribution in [2.24, 2.45) is 5.73 Å². The van der Waals surface area contributed by atoms with E-state index >= 15 is 0 Å². The summed E-state index contributed by atoms with van der Waals surface area (Å²) in [5.74, 6) is -0.510. The normalized spacial score (nSPS) is 9.55. The van der Waals surface area contributed by atoms with E-state index in [1.165, 1.54) is 12.3 Å². The summed E-state index contributed by atoms with van der Waals surface area (Å²) in [6.07, 6.45) is 1.41. The fraction of sp³-hybridized carbons (Fsp3) is 0.143. The van der Waals surface area contributed by atoms with Crippen molar-refractivity contribution in [3.8, 4) is 0 Å². The number of nitrogens with zero attached hydrogens (tertiary/aromatic N) is 1. The number of hydrogen-bond donors (Lipinski definition) is 2. The number of aromatic nitrogens is 1. The Bertz CT molecular complexity index is 296. The number of nitrogen functional groups attached to an aromatic ring is 1. The molecule has 0 spiro atoms. The SMILES string of the molecule is Cc1ncc(C(N)=O)cc1N. The molecule has 1 heterocycles. The minimum Gasteiger partial charge on any atom is -0.397 e. The molecule has 0 fully saturated rings. The molecule has 0 radical (unpaired) electrons. The van der Waals surface area contributed by atoms with Gasteiger partial charge in [-0.2, -0.15) is 0 Å². The Morgan fingerprint density at radius 2 is 2.27 bits per heavy atom. The Labute approximate surface area is 64.2 Å². The molecule has 1 amide bonds.